The van der Waals surface area contributed by atoms with Crippen LogP contribution in [0.3, 0.4) is 0 Å². The minimum Gasteiger partial charge on any atom is -0.457 e. The van der Waals surface area contributed by atoms with Gasteiger partial charge in [-0.3, -0.25) is 24.6 Å². The van der Waals surface area contributed by atoms with Gasteiger partial charge in [0.15, 0.2) is 5.65 Å². The number of aromatic nitrogens is 4. The molecule has 0 radical (unpaired) electrons. The number of carbonyl (C=O) groups is 4. The molecule has 0 spiro atoms. The molecule has 3 aromatic carbocycles. The zero-order valence-electron chi connectivity index (χ0n) is 38.5. The van der Waals surface area contributed by atoms with Crippen LogP contribution in [0.15, 0.2) is 79.1 Å². The third-order valence-corrected chi connectivity index (χ3v) is 15.3. The van der Waals surface area contributed by atoms with Crippen LogP contribution in [-0.4, -0.2) is 152 Å². The summed E-state index contributed by atoms with van der Waals surface area (Å²) in [4.78, 5) is 73.6. The van der Waals surface area contributed by atoms with Crippen molar-refractivity contribution in [3.8, 4) is 22.8 Å². The number of fused-ring (bicyclic) bond motifs is 2. The van der Waals surface area contributed by atoms with Crippen molar-refractivity contribution in [3.05, 3.63) is 90.3 Å². The molecule has 11 rings (SSSR count). The van der Waals surface area contributed by atoms with Crippen LogP contribution in [0.5, 0.6) is 11.5 Å². The molecule has 8 heterocycles. The lowest BCUT2D eigenvalue weighted by Gasteiger charge is -2.44. The summed E-state index contributed by atoms with van der Waals surface area (Å²) in [7, 11) is 0. The Kier molecular flexibility index (Phi) is 12.2. The van der Waals surface area contributed by atoms with Crippen LogP contribution in [0.25, 0.3) is 22.3 Å². The summed E-state index contributed by atoms with van der Waals surface area (Å²) in [6, 6.07) is 23.9. The Labute approximate surface area is 396 Å². The van der Waals surface area contributed by atoms with E-state index in [1.54, 1.807) is 4.90 Å². The second-order valence-corrected chi connectivity index (χ2v) is 19.4. The topological polar surface area (TPSA) is 179 Å². The number of ether oxygens (including phenoxy) is 1. The molecule has 2 aromatic heterocycles. The van der Waals surface area contributed by atoms with E-state index in [0.717, 1.165) is 156 Å². The molecule has 17 nitrogen and oxygen atoms in total. The van der Waals surface area contributed by atoms with E-state index in [0.29, 0.717) is 36.3 Å². The predicted molar refractivity (Wildman–Crippen MR) is 257 cm³/mol. The second-order valence-electron chi connectivity index (χ2n) is 19.4. The van der Waals surface area contributed by atoms with Gasteiger partial charge in [-0.05, 0) is 118 Å². The molecule has 6 aliphatic rings. The Morgan fingerprint density at radius 2 is 1.50 bits per heavy atom. The summed E-state index contributed by atoms with van der Waals surface area (Å²) in [5.74, 6) is 1.68. The average molecular weight is 921 g/mol. The van der Waals surface area contributed by atoms with Gasteiger partial charge < -0.3 is 35.0 Å². The molecule has 5 saturated heterocycles. The monoisotopic (exact) mass is 920 g/mol. The normalized spacial score (nSPS) is 22.5. The van der Waals surface area contributed by atoms with Crippen LogP contribution in [0, 0.1) is 5.92 Å². The van der Waals surface area contributed by atoms with Crippen LogP contribution in [0.2, 0.25) is 0 Å². The molecule has 5 fully saturated rings. The van der Waals surface area contributed by atoms with Crippen LogP contribution >= 0.6 is 0 Å². The van der Waals surface area contributed by atoms with E-state index >= 15 is 0 Å². The first-order valence-electron chi connectivity index (χ1n) is 24.6. The maximum atomic E-state index is 13.8. The number of amides is 5. The molecule has 0 aliphatic carbocycles. The second kappa shape index (κ2) is 18.8. The van der Waals surface area contributed by atoms with E-state index in [1.807, 2.05) is 66.7 Å². The van der Waals surface area contributed by atoms with Gasteiger partial charge in [0, 0.05) is 101 Å². The predicted octanol–water partition coefficient (Wildman–Crippen LogP) is 5.38. The van der Waals surface area contributed by atoms with Crippen molar-refractivity contribution < 1.29 is 23.9 Å². The zero-order chi connectivity index (χ0) is 46.3. The minimum absolute atomic E-state index is 0.142. The summed E-state index contributed by atoms with van der Waals surface area (Å²) in [5.41, 5.74) is 11.6. The third-order valence-electron chi connectivity index (χ3n) is 15.3. The maximum absolute atomic E-state index is 13.8. The van der Waals surface area contributed by atoms with Crippen molar-refractivity contribution in [2.24, 2.45) is 5.92 Å². The number of nitrogens with one attached hydrogen (secondary N) is 1. The number of nitrogen functional groups attached to an aromatic ring is 1. The van der Waals surface area contributed by atoms with Crippen LogP contribution in [0.1, 0.15) is 73.3 Å². The van der Waals surface area contributed by atoms with E-state index in [1.165, 1.54) is 6.33 Å². The molecular weight excluding hydrogens is 861 g/mol. The fourth-order valence-corrected chi connectivity index (χ4v) is 11.6. The molecule has 1 unspecified atom stereocenters. The molecule has 5 amide bonds. The molecule has 0 saturated carbocycles. The summed E-state index contributed by atoms with van der Waals surface area (Å²) < 4.78 is 8.12. The molecule has 5 aromatic rings. The molecular formula is C51H60N12O5. The van der Waals surface area contributed by atoms with Gasteiger partial charge in [-0.2, -0.15) is 5.10 Å². The molecule has 17 heteroatoms. The van der Waals surface area contributed by atoms with E-state index < -0.39 is 6.04 Å². The lowest BCUT2D eigenvalue weighted by molar-refractivity contribution is -0.136. The van der Waals surface area contributed by atoms with Gasteiger partial charge in [0.05, 0.1) is 11.4 Å². The Bertz CT molecular complexity index is 2670. The van der Waals surface area contributed by atoms with Crippen LogP contribution in [0.4, 0.5) is 16.3 Å². The van der Waals surface area contributed by atoms with Gasteiger partial charge in [0.25, 0.3) is 5.91 Å². The van der Waals surface area contributed by atoms with Gasteiger partial charge >= 0.3 is 6.03 Å². The minimum atomic E-state index is -0.609. The van der Waals surface area contributed by atoms with Crippen molar-refractivity contribution >= 4 is 46.3 Å². The molecule has 2 atom stereocenters. The number of hydrogen-bond acceptors (Lipinski definition) is 12. The molecule has 3 N–H and O–H groups in total. The number of nitrogens with zero attached hydrogens (tertiary/aromatic N) is 10. The number of piperazine rings is 1. The van der Waals surface area contributed by atoms with Gasteiger partial charge in [-0.15, -0.1) is 0 Å². The zero-order valence-corrected chi connectivity index (χ0v) is 38.5. The highest BCUT2D eigenvalue weighted by atomic mass is 16.5. The largest absolute Gasteiger partial charge is 0.457 e. The average Bonchev–Trinajstić information content (AvgIpc) is 3.93. The number of rotatable bonds is 9. The SMILES string of the molecule is Nc1ncnc2c1c(-c1ccc(Oc3ccccc3)cc1)nn2[C@@H]1CCCN(CC2CCN(C(=O)N3CCC(N4CCN(c5ccc6c(c5)CN(C5CCC(=O)NC5=O)C6=O)CC4)CC3)CC2)C1. The number of hydrogen-bond donors (Lipinski definition) is 2. The Morgan fingerprint density at radius 1 is 0.765 bits per heavy atom. The number of nitrogens with two attached hydrogens (primary N) is 1. The highest BCUT2D eigenvalue weighted by Crippen LogP contribution is 2.36. The van der Waals surface area contributed by atoms with Crippen molar-refractivity contribution in [3.63, 3.8) is 0 Å². The number of benzene rings is 3. The highest BCUT2D eigenvalue weighted by molar-refractivity contribution is 6.05. The van der Waals surface area contributed by atoms with E-state index in [9.17, 15) is 19.2 Å². The molecule has 68 heavy (non-hydrogen) atoms. The van der Waals surface area contributed by atoms with Crippen molar-refractivity contribution in [2.45, 2.75) is 76.0 Å². The Balaban J connectivity index is 0.634. The van der Waals surface area contributed by atoms with Crippen molar-refractivity contribution in [2.75, 3.05) is 82.6 Å². The van der Waals surface area contributed by atoms with Gasteiger partial charge in [-0.25, -0.2) is 19.4 Å². The van der Waals surface area contributed by atoms with E-state index in [4.69, 9.17) is 20.6 Å². The highest BCUT2D eigenvalue weighted by Gasteiger charge is 2.40. The standard InChI is InChI=1S/C51H60N12O5/c52-47-45-46(35-8-11-41(12-9-35)68-40-6-2-1-3-7-40)56-63(48(45)54-33-53-47)39-5-4-20-57(32-39)30-34-16-21-60(22-17-34)51(67)61-23-18-37(19-24-61)58-25-27-59(28-26-58)38-10-13-42-36(29-38)31-62(50(42)66)43-14-15-44(64)55-49(43)65/h1-3,6-13,29,33-34,37,39,43H,4-5,14-28,30-32H2,(H2,52,53,54)(H,55,64,65)/t39-,43?/m1/s1. The summed E-state index contributed by atoms with van der Waals surface area (Å²) >= 11 is 0. The number of likely N-dealkylation sites (tertiary alicyclic amines) is 3. The number of imide groups is 1. The lowest BCUT2D eigenvalue weighted by atomic mass is 9.94. The number of piperidine rings is 4. The molecule has 0 bridgehead atoms. The Hall–Kier alpha value is -6.59. The van der Waals surface area contributed by atoms with E-state index in [-0.39, 0.29) is 36.2 Å². The smallest absolute Gasteiger partial charge is 0.319 e. The number of para-hydroxylation sites is 1. The summed E-state index contributed by atoms with van der Waals surface area (Å²) in [6.45, 7) is 10.2. The fourth-order valence-electron chi connectivity index (χ4n) is 11.6. The van der Waals surface area contributed by atoms with Crippen LogP contribution in [-0.2, 0) is 16.1 Å². The molecule has 6 aliphatic heterocycles. The first-order valence-corrected chi connectivity index (χ1v) is 24.6. The van der Waals surface area contributed by atoms with Crippen LogP contribution < -0.4 is 20.7 Å². The maximum Gasteiger partial charge on any atom is 0.319 e. The number of urea groups is 1. The van der Waals surface area contributed by atoms with Gasteiger partial charge in [0.2, 0.25) is 11.8 Å². The summed E-state index contributed by atoms with van der Waals surface area (Å²) in [6.07, 6.45) is 8.20. The van der Waals surface area contributed by atoms with Gasteiger partial charge in [0.1, 0.15) is 35.4 Å². The first-order chi connectivity index (χ1) is 33.2. The number of anilines is 2. The van der Waals surface area contributed by atoms with Crippen molar-refractivity contribution in [1.82, 2.24) is 49.6 Å². The van der Waals surface area contributed by atoms with E-state index in [2.05, 4.69) is 45.5 Å². The molecule has 354 valence electrons. The third kappa shape index (κ3) is 8.84. The Morgan fingerprint density at radius 3 is 2.25 bits per heavy atom. The fraction of sp³-hybridized carbons (Fsp3) is 0.471. The number of carbonyl (C=O) groups excluding carboxylic acids is 4. The lowest BCUT2D eigenvalue weighted by Crippen LogP contribution is -2.55. The van der Waals surface area contributed by atoms with Gasteiger partial charge in [-0.1, -0.05) is 18.2 Å². The van der Waals surface area contributed by atoms with Crippen molar-refractivity contribution in [1.29, 1.82) is 0 Å². The summed E-state index contributed by atoms with van der Waals surface area (Å²) in [5, 5.41) is 8.33. The first kappa shape index (κ1) is 43.9. The quantitative estimate of drug-likeness (QED) is 0.181.